The number of rotatable bonds is 10. The molecule has 0 aliphatic heterocycles. The maximum absolute atomic E-state index is 11.5. The van der Waals surface area contributed by atoms with Crippen LogP contribution in [0, 0.1) is 5.92 Å². The first-order valence-corrected chi connectivity index (χ1v) is 18.6. The highest BCUT2D eigenvalue weighted by Gasteiger charge is 2.41. The highest BCUT2D eigenvalue weighted by atomic mass is 127. The number of carbonyl (C=O) groups is 1. The van der Waals surface area contributed by atoms with Crippen LogP contribution in [0.15, 0.2) is 0 Å². The van der Waals surface area contributed by atoms with Crippen LogP contribution in [-0.2, 0) is 17.8 Å². The molecule has 4 nitrogen and oxygen atoms in total. The Bertz CT molecular complexity index is 385. The van der Waals surface area contributed by atoms with Crippen LogP contribution in [0.2, 0.25) is 45.3 Å². The second-order valence-electron chi connectivity index (χ2n) is 8.01. The van der Waals surface area contributed by atoms with E-state index >= 15 is 0 Å². The lowest BCUT2D eigenvalue weighted by molar-refractivity contribution is -0.147. The maximum Gasteiger partial charge on any atom is 0.311 e. The first-order chi connectivity index (χ1) is 10.2. The van der Waals surface area contributed by atoms with Gasteiger partial charge in [-0.05, 0) is 51.7 Å². The van der Waals surface area contributed by atoms with E-state index in [4.69, 9.17) is 13.0 Å². The molecule has 0 heterocycles. The van der Waals surface area contributed by atoms with Crippen molar-refractivity contribution >= 4 is 53.8 Å². The number of alkyl halides is 1. The number of ether oxygens (including phenoxy) is 1. The van der Waals surface area contributed by atoms with Gasteiger partial charge >= 0.3 is 14.5 Å². The predicted octanol–water partition coefficient (Wildman–Crippen LogP) is 5.08. The van der Waals surface area contributed by atoms with Gasteiger partial charge in [-0.25, -0.2) is 0 Å². The minimum absolute atomic E-state index is 0.0568. The van der Waals surface area contributed by atoms with Gasteiger partial charge in [-0.1, -0.05) is 43.4 Å². The SMILES string of the molecule is CC(C)C(=O)OCCC[Si](C)(C)O[Si](C)(C)O[Si](C)(C)C(C)I. The van der Waals surface area contributed by atoms with Gasteiger partial charge < -0.3 is 13.0 Å². The van der Waals surface area contributed by atoms with Crippen molar-refractivity contribution < 1.29 is 17.8 Å². The van der Waals surface area contributed by atoms with Gasteiger partial charge in [-0.15, -0.1) is 0 Å². The molecule has 0 saturated carbocycles. The average molecular weight is 491 g/mol. The Morgan fingerprint density at radius 1 is 1.00 bits per heavy atom. The molecule has 1 unspecified atom stereocenters. The van der Waals surface area contributed by atoms with Crippen molar-refractivity contribution in [2.45, 2.75) is 76.1 Å². The molecule has 0 aliphatic rings. The van der Waals surface area contributed by atoms with Gasteiger partial charge in [0.25, 0.3) is 0 Å². The van der Waals surface area contributed by atoms with Crippen LogP contribution in [0.5, 0.6) is 0 Å². The lowest BCUT2D eigenvalue weighted by atomic mass is 10.2. The van der Waals surface area contributed by atoms with E-state index in [9.17, 15) is 4.79 Å². The zero-order chi connectivity index (χ0) is 18.5. The summed E-state index contributed by atoms with van der Waals surface area (Å²) in [6, 6.07) is 0.986. The number of halogens is 1. The Labute approximate surface area is 159 Å². The topological polar surface area (TPSA) is 44.8 Å². The smallest absolute Gasteiger partial charge is 0.311 e. The summed E-state index contributed by atoms with van der Waals surface area (Å²) in [5, 5.41) is 0. The van der Waals surface area contributed by atoms with Crippen molar-refractivity contribution in [3.05, 3.63) is 0 Å². The van der Waals surface area contributed by atoms with Crippen molar-refractivity contribution in [1.82, 2.24) is 0 Å². The molecule has 0 spiro atoms. The summed E-state index contributed by atoms with van der Waals surface area (Å²) >= 11 is 2.47. The maximum atomic E-state index is 11.5. The zero-order valence-corrected chi connectivity index (χ0v) is 21.4. The summed E-state index contributed by atoms with van der Waals surface area (Å²) < 4.78 is 18.8. The van der Waals surface area contributed by atoms with Crippen molar-refractivity contribution in [1.29, 1.82) is 0 Å². The van der Waals surface area contributed by atoms with Gasteiger partial charge in [0.2, 0.25) is 0 Å². The summed E-state index contributed by atoms with van der Waals surface area (Å²) in [5.41, 5.74) is 0. The highest BCUT2D eigenvalue weighted by Crippen LogP contribution is 2.27. The van der Waals surface area contributed by atoms with Crippen LogP contribution in [0.4, 0.5) is 0 Å². The monoisotopic (exact) mass is 490 g/mol. The Balaban J connectivity index is 4.41. The van der Waals surface area contributed by atoms with Gasteiger partial charge in [-0.3, -0.25) is 4.79 Å². The van der Waals surface area contributed by atoms with Crippen molar-refractivity contribution in [3.63, 3.8) is 0 Å². The Hall–Kier alpha value is 0.771. The molecular weight excluding hydrogens is 455 g/mol. The molecule has 0 aliphatic carbocycles. The largest absolute Gasteiger partial charge is 0.465 e. The Kier molecular flexibility index (Phi) is 9.78. The minimum Gasteiger partial charge on any atom is -0.465 e. The van der Waals surface area contributed by atoms with Gasteiger partial charge in [0, 0.05) is 3.55 Å². The zero-order valence-electron chi connectivity index (χ0n) is 16.3. The molecule has 0 radical (unpaired) electrons. The number of carbonyl (C=O) groups excluding carboxylic acids is 1. The molecule has 0 amide bonds. The molecule has 0 aromatic carbocycles. The third kappa shape index (κ3) is 10.4. The molecule has 0 N–H and O–H groups in total. The molecule has 0 bridgehead atoms. The predicted molar refractivity (Wildman–Crippen MR) is 113 cm³/mol. The van der Waals surface area contributed by atoms with Crippen LogP contribution in [0.25, 0.3) is 0 Å². The molecular formula is C15H35IO4Si3. The molecule has 0 fully saturated rings. The first kappa shape index (κ1) is 23.8. The van der Waals surface area contributed by atoms with E-state index in [1.807, 2.05) is 13.8 Å². The average Bonchev–Trinajstić information content (AvgIpc) is 2.30. The summed E-state index contributed by atoms with van der Waals surface area (Å²) in [7, 11) is -5.64. The Morgan fingerprint density at radius 2 is 1.52 bits per heavy atom. The van der Waals surface area contributed by atoms with E-state index in [1.165, 1.54) is 0 Å². The summed E-state index contributed by atoms with van der Waals surface area (Å²) in [6.07, 6.45) is 0.867. The Morgan fingerprint density at radius 3 is 1.96 bits per heavy atom. The second kappa shape index (κ2) is 9.46. The third-order valence-corrected chi connectivity index (χ3v) is 19.8. The van der Waals surface area contributed by atoms with Crippen LogP contribution in [0.1, 0.15) is 27.2 Å². The minimum atomic E-state index is -2.13. The van der Waals surface area contributed by atoms with E-state index in [-0.39, 0.29) is 11.9 Å². The van der Waals surface area contributed by atoms with E-state index in [0.29, 0.717) is 10.2 Å². The van der Waals surface area contributed by atoms with E-state index in [1.54, 1.807) is 0 Å². The molecule has 0 aromatic rings. The first-order valence-electron chi connectivity index (χ1n) is 8.39. The summed E-state index contributed by atoms with van der Waals surface area (Å²) in [4.78, 5) is 11.5. The highest BCUT2D eigenvalue weighted by molar-refractivity contribution is 14.1. The van der Waals surface area contributed by atoms with Gasteiger partial charge in [0.1, 0.15) is 0 Å². The van der Waals surface area contributed by atoms with E-state index < -0.39 is 25.2 Å². The molecule has 0 aromatic heterocycles. The van der Waals surface area contributed by atoms with Crippen LogP contribution < -0.4 is 0 Å². The molecule has 0 rings (SSSR count). The number of hydrogen-bond acceptors (Lipinski definition) is 4. The molecule has 1 atom stereocenters. The van der Waals surface area contributed by atoms with Crippen LogP contribution >= 0.6 is 22.6 Å². The quantitative estimate of drug-likeness (QED) is 0.141. The lowest BCUT2D eigenvalue weighted by Gasteiger charge is -2.39. The second-order valence-corrected chi connectivity index (χ2v) is 23.6. The van der Waals surface area contributed by atoms with E-state index in [0.717, 1.165) is 12.5 Å². The third-order valence-electron chi connectivity index (χ3n) is 3.63. The van der Waals surface area contributed by atoms with Crippen LogP contribution in [-0.4, -0.2) is 41.3 Å². The molecule has 8 heteroatoms. The van der Waals surface area contributed by atoms with Gasteiger partial charge in [0.05, 0.1) is 12.5 Å². The summed E-state index contributed by atoms with van der Waals surface area (Å²) in [5.74, 6) is -0.175. The van der Waals surface area contributed by atoms with Gasteiger partial charge in [0.15, 0.2) is 16.6 Å². The van der Waals surface area contributed by atoms with E-state index in [2.05, 4.69) is 68.8 Å². The van der Waals surface area contributed by atoms with Crippen molar-refractivity contribution in [2.24, 2.45) is 5.92 Å². The van der Waals surface area contributed by atoms with Crippen molar-refractivity contribution in [3.8, 4) is 0 Å². The fourth-order valence-corrected chi connectivity index (χ4v) is 16.4. The fraction of sp³-hybridized carbons (Fsp3) is 0.933. The normalized spacial score (nSPS) is 14.9. The molecule has 138 valence electrons. The number of hydrogen-bond donors (Lipinski definition) is 0. The lowest BCUT2D eigenvalue weighted by Crippen LogP contribution is -2.55. The summed E-state index contributed by atoms with van der Waals surface area (Å²) in [6.45, 7) is 19.7. The molecule has 23 heavy (non-hydrogen) atoms. The molecule has 0 saturated heterocycles. The van der Waals surface area contributed by atoms with Gasteiger partial charge in [-0.2, -0.15) is 0 Å². The standard InChI is InChI=1S/C15H35IO4Si3/c1-13(2)15(17)18-11-10-12-21(4,5)19-23(8,9)20-22(6,7)14(3)16/h13-14H,10-12H2,1-9H3. The van der Waals surface area contributed by atoms with Crippen LogP contribution in [0.3, 0.4) is 0 Å². The van der Waals surface area contributed by atoms with Crippen molar-refractivity contribution in [2.75, 3.05) is 6.61 Å². The number of esters is 1. The fourth-order valence-electron chi connectivity index (χ4n) is 2.29.